The van der Waals surface area contributed by atoms with Crippen molar-refractivity contribution in [1.29, 1.82) is 0 Å². The number of thioether (sulfide) groups is 1. The summed E-state index contributed by atoms with van der Waals surface area (Å²) in [5, 5.41) is 10.6. The first-order chi connectivity index (χ1) is 14.4. The van der Waals surface area contributed by atoms with Crippen molar-refractivity contribution in [2.75, 3.05) is 6.54 Å². The van der Waals surface area contributed by atoms with E-state index in [1.807, 2.05) is 60.8 Å². The Labute approximate surface area is 187 Å². The van der Waals surface area contributed by atoms with Gasteiger partial charge in [0.15, 0.2) is 0 Å². The predicted octanol–water partition coefficient (Wildman–Crippen LogP) is 5.02. The van der Waals surface area contributed by atoms with Crippen LogP contribution in [0.5, 0.6) is 0 Å². The lowest BCUT2D eigenvalue weighted by Gasteiger charge is -2.12. The topological polar surface area (TPSA) is 62.5 Å². The summed E-state index contributed by atoms with van der Waals surface area (Å²) in [6.45, 7) is 0.680. The first-order valence-electron chi connectivity index (χ1n) is 9.22. The van der Waals surface area contributed by atoms with Gasteiger partial charge in [-0.1, -0.05) is 72.0 Å². The number of carboxylic acids is 1. The summed E-state index contributed by atoms with van der Waals surface area (Å²) in [6.07, 6.45) is 3.68. The van der Waals surface area contributed by atoms with Crippen molar-refractivity contribution in [1.82, 2.24) is 9.47 Å². The third kappa shape index (κ3) is 4.14. The van der Waals surface area contributed by atoms with E-state index in [-0.39, 0.29) is 18.9 Å². The van der Waals surface area contributed by atoms with E-state index in [9.17, 15) is 9.59 Å². The van der Waals surface area contributed by atoms with Crippen molar-refractivity contribution < 1.29 is 14.7 Å². The number of carbonyl (C=O) groups is 2. The molecule has 152 valence electrons. The maximum atomic E-state index is 12.7. The van der Waals surface area contributed by atoms with Gasteiger partial charge >= 0.3 is 5.97 Å². The molecule has 3 aromatic rings. The van der Waals surface area contributed by atoms with Crippen molar-refractivity contribution in [2.45, 2.75) is 13.0 Å². The standard InChI is InChI=1S/C22H17ClN2O3S2/c23-17-7-3-1-5-14(17)12-24-13-15(16-6-2-4-8-18(16)24)11-19-21(28)25(22(29)30-19)10-9-20(26)27/h1-8,11,13H,9-10,12H2,(H,26,27)/b19-11+. The number of carbonyl (C=O) groups excluding carboxylic acids is 1. The van der Waals surface area contributed by atoms with Gasteiger partial charge in [0.25, 0.3) is 5.91 Å². The van der Waals surface area contributed by atoms with E-state index in [1.54, 1.807) is 0 Å². The molecule has 1 aliphatic rings. The summed E-state index contributed by atoms with van der Waals surface area (Å²) >= 11 is 12.8. The van der Waals surface area contributed by atoms with Crippen LogP contribution in [0.1, 0.15) is 17.5 Å². The number of hydrogen-bond donors (Lipinski definition) is 1. The van der Waals surface area contributed by atoms with Gasteiger partial charge < -0.3 is 9.67 Å². The molecule has 1 aliphatic heterocycles. The molecule has 0 aliphatic carbocycles. The van der Waals surface area contributed by atoms with Crippen LogP contribution in [0.3, 0.4) is 0 Å². The van der Waals surface area contributed by atoms with Crippen LogP contribution in [0.25, 0.3) is 17.0 Å². The molecular weight excluding hydrogens is 440 g/mol. The number of carboxylic acid groups (broad SMARTS) is 1. The van der Waals surface area contributed by atoms with Crippen LogP contribution < -0.4 is 0 Å². The number of thiocarbonyl (C=S) groups is 1. The van der Waals surface area contributed by atoms with Gasteiger partial charge in [-0.25, -0.2) is 0 Å². The molecule has 5 nitrogen and oxygen atoms in total. The molecule has 2 heterocycles. The molecule has 1 N–H and O–H groups in total. The largest absolute Gasteiger partial charge is 0.481 e. The Hall–Kier alpha value is -2.61. The molecule has 0 unspecified atom stereocenters. The Bertz CT molecular complexity index is 1200. The van der Waals surface area contributed by atoms with E-state index in [4.69, 9.17) is 28.9 Å². The number of aromatic nitrogens is 1. The van der Waals surface area contributed by atoms with Gasteiger partial charge in [0.2, 0.25) is 0 Å². The quantitative estimate of drug-likeness (QED) is 0.417. The molecular formula is C22H17ClN2O3S2. The summed E-state index contributed by atoms with van der Waals surface area (Å²) in [7, 11) is 0. The Morgan fingerprint density at radius 2 is 1.90 bits per heavy atom. The van der Waals surface area contributed by atoms with Gasteiger partial charge in [-0.05, 0) is 23.8 Å². The smallest absolute Gasteiger partial charge is 0.305 e. The van der Waals surface area contributed by atoms with Crippen LogP contribution >= 0.6 is 35.6 Å². The van der Waals surface area contributed by atoms with E-state index in [0.717, 1.165) is 22.0 Å². The van der Waals surface area contributed by atoms with E-state index >= 15 is 0 Å². The molecule has 0 spiro atoms. The van der Waals surface area contributed by atoms with Gasteiger partial charge in [0.05, 0.1) is 11.3 Å². The zero-order valence-electron chi connectivity index (χ0n) is 15.7. The molecule has 8 heteroatoms. The van der Waals surface area contributed by atoms with Crippen LogP contribution in [0.2, 0.25) is 5.02 Å². The van der Waals surface area contributed by atoms with Gasteiger partial charge in [-0.2, -0.15) is 0 Å². The minimum Gasteiger partial charge on any atom is -0.481 e. The fourth-order valence-electron chi connectivity index (χ4n) is 3.37. The Morgan fingerprint density at radius 1 is 1.17 bits per heavy atom. The van der Waals surface area contributed by atoms with Crippen LogP contribution in [-0.2, 0) is 16.1 Å². The summed E-state index contributed by atoms with van der Waals surface area (Å²) in [4.78, 5) is 25.4. The molecule has 30 heavy (non-hydrogen) atoms. The second-order valence-electron chi connectivity index (χ2n) is 6.80. The average molecular weight is 457 g/mol. The number of nitrogens with zero attached hydrogens (tertiary/aromatic N) is 2. The number of hydrogen-bond acceptors (Lipinski definition) is 4. The van der Waals surface area contributed by atoms with Gasteiger partial charge in [-0.15, -0.1) is 0 Å². The molecule has 1 amide bonds. The molecule has 0 radical (unpaired) electrons. The average Bonchev–Trinajstić information content (AvgIpc) is 3.19. The van der Waals surface area contributed by atoms with Crippen molar-refractivity contribution in [2.24, 2.45) is 0 Å². The first-order valence-corrected chi connectivity index (χ1v) is 10.8. The van der Waals surface area contributed by atoms with Gasteiger partial charge in [-0.3, -0.25) is 14.5 Å². The summed E-state index contributed by atoms with van der Waals surface area (Å²) in [5.74, 6) is -1.22. The van der Waals surface area contributed by atoms with Crippen LogP contribution in [-0.4, -0.2) is 37.3 Å². The van der Waals surface area contributed by atoms with Crippen LogP contribution in [0.4, 0.5) is 0 Å². The fraction of sp³-hybridized carbons (Fsp3) is 0.136. The maximum Gasteiger partial charge on any atom is 0.305 e. The first kappa shape index (κ1) is 20.7. The lowest BCUT2D eigenvalue weighted by atomic mass is 10.1. The molecule has 4 rings (SSSR count). The fourth-order valence-corrected chi connectivity index (χ4v) is 4.87. The molecule has 2 aromatic carbocycles. The Morgan fingerprint density at radius 3 is 2.67 bits per heavy atom. The normalized spacial score (nSPS) is 15.5. The Kier molecular flexibility index (Phi) is 5.94. The second-order valence-corrected chi connectivity index (χ2v) is 8.88. The summed E-state index contributed by atoms with van der Waals surface area (Å²) in [5.41, 5.74) is 2.94. The van der Waals surface area contributed by atoms with E-state index in [1.165, 1.54) is 16.7 Å². The number of amides is 1. The molecule has 0 saturated carbocycles. The highest BCUT2D eigenvalue weighted by Gasteiger charge is 2.32. The SMILES string of the molecule is O=C(O)CCN1C(=O)/C(=C\c2cn(Cc3ccccc3Cl)c3ccccc23)SC1=S. The third-order valence-electron chi connectivity index (χ3n) is 4.83. The lowest BCUT2D eigenvalue weighted by molar-refractivity contribution is -0.137. The minimum absolute atomic E-state index is 0.0750. The number of para-hydroxylation sites is 1. The molecule has 1 fully saturated rings. The monoisotopic (exact) mass is 456 g/mol. The summed E-state index contributed by atoms with van der Waals surface area (Å²) in [6, 6.07) is 15.7. The van der Waals surface area contributed by atoms with Crippen LogP contribution in [0.15, 0.2) is 59.6 Å². The third-order valence-corrected chi connectivity index (χ3v) is 6.57. The molecule has 1 aromatic heterocycles. The van der Waals surface area contributed by atoms with Crippen molar-refractivity contribution in [3.8, 4) is 0 Å². The lowest BCUT2D eigenvalue weighted by Crippen LogP contribution is -2.30. The number of benzene rings is 2. The van der Waals surface area contributed by atoms with Crippen molar-refractivity contribution in [3.63, 3.8) is 0 Å². The van der Waals surface area contributed by atoms with Crippen molar-refractivity contribution in [3.05, 3.63) is 75.8 Å². The van der Waals surface area contributed by atoms with Crippen molar-refractivity contribution >= 4 is 68.8 Å². The highest BCUT2D eigenvalue weighted by molar-refractivity contribution is 8.26. The molecule has 0 bridgehead atoms. The minimum atomic E-state index is -0.962. The van der Waals surface area contributed by atoms with E-state index in [0.29, 0.717) is 20.8 Å². The maximum absolute atomic E-state index is 12.7. The zero-order valence-corrected chi connectivity index (χ0v) is 18.1. The second kappa shape index (κ2) is 8.63. The number of aliphatic carboxylic acids is 1. The Balaban J connectivity index is 1.68. The molecule has 0 atom stereocenters. The number of rotatable bonds is 6. The summed E-state index contributed by atoms with van der Waals surface area (Å²) < 4.78 is 2.49. The van der Waals surface area contributed by atoms with E-state index in [2.05, 4.69) is 4.57 Å². The van der Waals surface area contributed by atoms with Crippen LogP contribution in [0, 0.1) is 0 Å². The number of halogens is 1. The van der Waals surface area contributed by atoms with Gasteiger partial charge in [0.1, 0.15) is 4.32 Å². The van der Waals surface area contributed by atoms with E-state index < -0.39 is 5.97 Å². The predicted molar refractivity (Wildman–Crippen MR) is 125 cm³/mol. The highest BCUT2D eigenvalue weighted by atomic mass is 35.5. The zero-order chi connectivity index (χ0) is 21.3. The van der Waals surface area contributed by atoms with Gasteiger partial charge in [0, 0.05) is 40.8 Å². The molecule has 1 saturated heterocycles. The number of fused-ring (bicyclic) bond motifs is 1. The highest BCUT2D eigenvalue weighted by Crippen LogP contribution is 2.34.